The molecular weight excluding hydrogens is 266 g/mol. The Balaban J connectivity index is 1.93. The Labute approximate surface area is 127 Å². The van der Waals surface area contributed by atoms with Crippen LogP contribution >= 0.6 is 0 Å². The van der Waals surface area contributed by atoms with Crippen molar-refractivity contribution in [3.8, 4) is 0 Å². The van der Waals surface area contributed by atoms with Gasteiger partial charge in [0, 0.05) is 17.6 Å². The largest absolute Gasteiger partial charge is 0.466 e. The maximum absolute atomic E-state index is 11.9. The Morgan fingerprint density at radius 3 is 2.86 bits per heavy atom. The summed E-state index contributed by atoms with van der Waals surface area (Å²) in [7, 11) is 0. The van der Waals surface area contributed by atoms with Crippen LogP contribution in [0.25, 0.3) is 0 Å². The molecule has 0 spiro atoms. The second-order valence-electron chi connectivity index (χ2n) is 6.07. The molecule has 1 saturated carbocycles. The number of carbonyl (C=O) groups is 1. The predicted octanol–water partition coefficient (Wildman–Crippen LogP) is 3.67. The van der Waals surface area contributed by atoms with E-state index in [9.17, 15) is 4.79 Å². The summed E-state index contributed by atoms with van der Waals surface area (Å²) in [5.74, 6) is 1.94. The van der Waals surface area contributed by atoms with Gasteiger partial charge in [0.05, 0.1) is 12.5 Å². The summed E-state index contributed by atoms with van der Waals surface area (Å²) in [6, 6.07) is 2.71. The summed E-state index contributed by atoms with van der Waals surface area (Å²) in [5.41, 5.74) is 1.21. The van der Waals surface area contributed by atoms with E-state index in [-0.39, 0.29) is 17.9 Å². The lowest BCUT2D eigenvalue weighted by Crippen LogP contribution is -2.38. The highest BCUT2D eigenvalue weighted by molar-refractivity contribution is 5.72. The van der Waals surface area contributed by atoms with E-state index in [2.05, 4.69) is 18.3 Å². The van der Waals surface area contributed by atoms with E-state index in [1.54, 1.807) is 0 Å². The van der Waals surface area contributed by atoms with E-state index in [4.69, 9.17) is 9.15 Å². The van der Waals surface area contributed by atoms with Gasteiger partial charge >= 0.3 is 5.97 Å². The zero-order valence-electron chi connectivity index (χ0n) is 13.6. The Hall–Kier alpha value is -1.29. The third-order valence-electron chi connectivity index (χ3n) is 4.33. The molecule has 118 valence electrons. The second-order valence-corrected chi connectivity index (χ2v) is 6.07. The molecule has 0 amide bonds. The van der Waals surface area contributed by atoms with Gasteiger partial charge in [-0.25, -0.2) is 0 Å². The maximum Gasteiger partial charge on any atom is 0.308 e. The van der Waals surface area contributed by atoms with Gasteiger partial charge in [-0.05, 0) is 53.0 Å². The molecule has 3 unspecified atom stereocenters. The van der Waals surface area contributed by atoms with Crippen LogP contribution in [-0.2, 0) is 9.53 Å². The number of hydrogen-bond acceptors (Lipinski definition) is 4. The van der Waals surface area contributed by atoms with Crippen molar-refractivity contribution < 1.29 is 13.9 Å². The molecule has 0 aromatic carbocycles. The van der Waals surface area contributed by atoms with Crippen LogP contribution in [0.15, 0.2) is 10.5 Å². The fourth-order valence-corrected chi connectivity index (χ4v) is 3.34. The maximum atomic E-state index is 11.9. The second kappa shape index (κ2) is 7.12. The normalized spacial score (nSPS) is 23.8. The molecular formula is C17H27NO3. The minimum Gasteiger partial charge on any atom is -0.466 e. The van der Waals surface area contributed by atoms with E-state index >= 15 is 0 Å². The highest BCUT2D eigenvalue weighted by Gasteiger charge is 2.29. The van der Waals surface area contributed by atoms with Gasteiger partial charge in [-0.1, -0.05) is 6.42 Å². The van der Waals surface area contributed by atoms with Crippen molar-refractivity contribution in [3.63, 3.8) is 0 Å². The van der Waals surface area contributed by atoms with Gasteiger partial charge in [-0.2, -0.15) is 0 Å². The minimum absolute atomic E-state index is 0.0352. The molecule has 1 N–H and O–H groups in total. The first kappa shape index (κ1) is 16.1. The lowest BCUT2D eigenvalue weighted by molar-refractivity contribution is -0.149. The summed E-state index contributed by atoms with van der Waals surface area (Å²) in [6.07, 6.45) is 4.03. The average molecular weight is 293 g/mol. The van der Waals surface area contributed by atoms with Crippen molar-refractivity contribution in [1.82, 2.24) is 5.32 Å². The quantitative estimate of drug-likeness (QED) is 0.842. The van der Waals surface area contributed by atoms with Crippen LogP contribution in [-0.4, -0.2) is 18.6 Å². The molecule has 1 aliphatic carbocycles. The van der Waals surface area contributed by atoms with Crippen LogP contribution in [0.4, 0.5) is 0 Å². The molecule has 21 heavy (non-hydrogen) atoms. The lowest BCUT2D eigenvalue weighted by atomic mass is 9.85. The first-order chi connectivity index (χ1) is 10.0. The number of ether oxygens (including phenoxy) is 1. The number of aryl methyl sites for hydroxylation is 2. The average Bonchev–Trinajstić information content (AvgIpc) is 2.78. The number of esters is 1. The minimum atomic E-state index is -0.0352. The highest BCUT2D eigenvalue weighted by Crippen LogP contribution is 2.28. The smallest absolute Gasteiger partial charge is 0.308 e. The van der Waals surface area contributed by atoms with Crippen molar-refractivity contribution in [2.75, 3.05) is 6.61 Å². The number of nitrogens with one attached hydrogen (secondary N) is 1. The van der Waals surface area contributed by atoms with Gasteiger partial charge in [-0.15, -0.1) is 0 Å². The van der Waals surface area contributed by atoms with Crippen molar-refractivity contribution in [2.24, 2.45) is 5.92 Å². The monoisotopic (exact) mass is 293 g/mol. The Kier molecular flexibility index (Phi) is 5.45. The molecule has 0 bridgehead atoms. The standard InChI is InChI=1S/C17H27NO3/c1-5-20-17(19)14-7-6-8-15(10-14)18-12(3)16-9-11(2)21-13(16)4/h9,12,14-15,18H,5-8,10H2,1-4H3. The first-order valence-electron chi connectivity index (χ1n) is 8.00. The van der Waals surface area contributed by atoms with Crippen molar-refractivity contribution in [3.05, 3.63) is 23.2 Å². The van der Waals surface area contributed by atoms with Crippen LogP contribution in [0.2, 0.25) is 0 Å². The molecule has 2 rings (SSSR count). The van der Waals surface area contributed by atoms with Gasteiger partial charge in [0.15, 0.2) is 0 Å². The number of hydrogen-bond donors (Lipinski definition) is 1. The predicted molar refractivity (Wildman–Crippen MR) is 82.1 cm³/mol. The van der Waals surface area contributed by atoms with Crippen LogP contribution in [0.3, 0.4) is 0 Å². The number of carbonyl (C=O) groups excluding carboxylic acids is 1. The third-order valence-corrected chi connectivity index (χ3v) is 4.33. The molecule has 1 aromatic heterocycles. The SMILES string of the molecule is CCOC(=O)C1CCCC(NC(C)c2cc(C)oc2C)C1. The number of rotatable bonds is 5. The van der Waals surface area contributed by atoms with E-state index in [1.807, 2.05) is 20.8 Å². The Bertz CT molecular complexity index is 480. The molecule has 3 atom stereocenters. The molecule has 0 radical (unpaired) electrons. The number of furan rings is 1. The fraction of sp³-hybridized carbons (Fsp3) is 0.706. The summed E-state index contributed by atoms with van der Waals surface area (Å²) in [4.78, 5) is 11.9. The van der Waals surface area contributed by atoms with Gasteiger partial charge in [0.25, 0.3) is 0 Å². The molecule has 1 heterocycles. The third kappa shape index (κ3) is 4.10. The molecule has 0 aliphatic heterocycles. The van der Waals surface area contributed by atoms with E-state index in [1.165, 1.54) is 5.56 Å². The topological polar surface area (TPSA) is 51.5 Å². The molecule has 4 heteroatoms. The lowest BCUT2D eigenvalue weighted by Gasteiger charge is -2.30. The van der Waals surface area contributed by atoms with E-state index in [0.29, 0.717) is 12.6 Å². The summed E-state index contributed by atoms with van der Waals surface area (Å²) >= 11 is 0. The molecule has 1 aromatic rings. The fourth-order valence-electron chi connectivity index (χ4n) is 3.34. The van der Waals surface area contributed by atoms with Gasteiger partial charge < -0.3 is 14.5 Å². The van der Waals surface area contributed by atoms with Crippen LogP contribution < -0.4 is 5.32 Å². The van der Waals surface area contributed by atoms with Gasteiger partial charge in [0.1, 0.15) is 11.5 Å². The van der Waals surface area contributed by atoms with Crippen molar-refractivity contribution in [2.45, 2.75) is 65.5 Å². The molecule has 1 aliphatic rings. The first-order valence-corrected chi connectivity index (χ1v) is 8.00. The zero-order valence-corrected chi connectivity index (χ0v) is 13.6. The highest BCUT2D eigenvalue weighted by atomic mass is 16.5. The van der Waals surface area contributed by atoms with E-state index < -0.39 is 0 Å². The van der Waals surface area contributed by atoms with Crippen LogP contribution in [0.1, 0.15) is 62.7 Å². The van der Waals surface area contributed by atoms with Crippen molar-refractivity contribution in [1.29, 1.82) is 0 Å². The molecule has 1 fully saturated rings. The van der Waals surface area contributed by atoms with Crippen LogP contribution in [0, 0.1) is 19.8 Å². The van der Waals surface area contributed by atoms with E-state index in [0.717, 1.165) is 37.2 Å². The summed E-state index contributed by atoms with van der Waals surface area (Å²) in [6.45, 7) is 8.47. The Morgan fingerprint density at radius 2 is 2.24 bits per heavy atom. The summed E-state index contributed by atoms with van der Waals surface area (Å²) < 4.78 is 10.8. The summed E-state index contributed by atoms with van der Waals surface area (Å²) in [5, 5.41) is 3.65. The van der Waals surface area contributed by atoms with Gasteiger partial charge in [-0.3, -0.25) is 4.79 Å². The van der Waals surface area contributed by atoms with Gasteiger partial charge in [0.2, 0.25) is 0 Å². The Morgan fingerprint density at radius 1 is 1.48 bits per heavy atom. The molecule has 4 nitrogen and oxygen atoms in total. The molecule has 0 saturated heterocycles. The van der Waals surface area contributed by atoms with Crippen molar-refractivity contribution >= 4 is 5.97 Å². The van der Waals surface area contributed by atoms with Crippen LogP contribution in [0.5, 0.6) is 0 Å². The zero-order chi connectivity index (χ0) is 15.4.